The first-order valence-electron chi connectivity index (χ1n) is 3.69. The third kappa shape index (κ3) is 2.50. The van der Waals surface area contributed by atoms with Crippen molar-refractivity contribution in [2.45, 2.75) is 6.92 Å². The predicted molar refractivity (Wildman–Crippen MR) is 45.3 cm³/mol. The van der Waals surface area contributed by atoms with Crippen molar-refractivity contribution in [2.24, 2.45) is 4.99 Å². The molecule has 0 bridgehead atoms. The Morgan fingerprint density at radius 3 is 2.86 bits per heavy atom. The molecule has 0 aliphatic heterocycles. The van der Waals surface area contributed by atoms with E-state index in [9.17, 15) is 14.0 Å². The van der Waals surface area contributed by atoms with Gasteiger partial charge < -0.3 is 4.74 Å². The molecule has 1 amide bonds. The molecular formula is C9H6FNO3. The Hall–Kier alpha value is -2.00. The molecule has 0 N–H and O–H groups in total. The number of halogens is 1. The summed E-state index contributed by atoms with van der Waals surface area (Å²) in [7, 11) is 0. The zero-order valence-electron chi connectivity index (χ0n) is 7.28. The summed E-state index contributed by atoms with van der Waals surface area (Å²) < 4.78 is 17.4. The topological polar surface area (TPSA) is 55.7 Å². The number of hydrogen-bond acceptors (Lipinski definition) is 3. The number of carbonyl (C=O) groups is 1. The summed E-state index contributed by atoms with van der Waals surface area (Å²) in [6.45, 7) is 1.57. The van der Waals surface area contributed by atoms with Crippen LogP contribution in [0.3, 0.4) is 0 Å². The maximum absolute atomic E-state index is 12.9. The highest BCUT2D eigenvalue weighted by molar-refractivity contribution is 5.76. The van der Waals surface area contributed by atoms with E-state index in [2.05, 4.69) is 9.73 Å². The highest BCUT2D eigenvalue weighted by Gasteiger charge is 2.04. The summed E-state index contributed by atoms with van der Waals surface area (Å²) in [4.78, 5) is 23.0. The molecule has 4 nitrogen and oxygen atoms in total. The fourth-order valence-electron chi connectivity index (χ4n) is 0.798. The number of benzene rings is 1. The first-order valence-corrected chi connectivity index (χ1v) is 3.69. The van der Waals surface area contributed by atoms with Gasteiger partial charge in [-0.05, 0) is 18.6 Å². The van der Waals surface area contributed by atoms with Crippen molar-refractivity contribution in [1.29, 1.82) is 0 Å². The van der Waals surface area contributed by atoms with Gasteiger partial charge in [0.2, 0.25) is 6.08 Å². The van der Waals surface area contributed by atoms with Gasteiger partial charge in [0.25, 0.3) is 0 Å². The summed E-state index contributed by atoms with van der Waals surface area (Å²) >= 11 is 0. The van der Waals surface area contributed by atoms with E-state index in [0.29, 0.717) is 5.56 Å². The van der Waals surface area contributed by atoms with Gasteiger partial charge in [-0.3, -0.25) is 0 Å². The van der Waals surface area contributed by atoms with Crippen molar-refractivity contribution in [3.8, 4) is 5.75 Å². The summed E-state index contributed by atoms with van der Waals surface area (Å²) in [5, 5.41) is 0. The Kier molecular flexibility index (Phi) is 3.09. The summed E-state index contributed by atoms with van der Waals surface area (Å²) in [6, 6.07) is 3.88. The van der Waals surface area contributed by atoms with Crippen molar-refractivity contribution in [3.63, 3.8) is 0 Å². The van der Waals surface area contributed by atoms with E-state index in [1.807, 2.05) is 0 Å². The number of nitrogens with zero attached hydrogens (tertiary/aromatic N) is 1. The number of hydrogen-bond donors (Lipinski definition) is 0. The van der Waals surface area contributed by atoms with Crippen molar-refractivity contribution < 1.29 is 18.7 Å². The fourth-order valence-corrected chi connectivity index (χ4v) is 0.798. The van der Waals surface area contributed by atoms with Gasteiger partial charge in [0.05, 0.1) is 0 Å². The monoisotopic (exact) mass is 195 g/mol. The summed E-state index contributed by atoms with van der Waals surface area (Å²) in [5.41, 5.74) is 0.434. The molecule has 1 aromatic rings. The quantitative estimate of drug-likeness (QED) is 0.508. The van der Waals surface area contributed by atoms with Crippen LogP contribution in [-0.4, -0.2) is 12.2 Å². The van der Waals surface area contributed by atoms with Gasteiger partial charge in [0.1, 0.15) is 11.6 Å². The van der Waals surface area contributed by atoms with Crippen molar-refractivity contribution in [1.82, 2.24) is 0 Å². The number of carbonyl (C=O) groups excluding carboxylic acids is 2. The average molecular weight is 195 g/mol. The number of isocyanates is 1. The van der Waals surface area contributed by atoms with Crippen LogP contribution in [0.4, 0.5) is 9.18 Å². The molecule has 0 saturated carbocycles. The molecule has 0 aliphatic rings. The highest BCUT2D eigenvalue weighted by atomic mass is 19.1. The van der Waals surface area contributed by atoms with E-state index in [1.165, 1.54) is 12.1 Å². The molecule has 0 aromatic heterocycles. The number of aliphatic imine (C=N–C) groups is 1. The van der Waals surface area contributed by atoms with Gasteiger partial charge in [-0.2, -0.15) is 0 Å². The SMILES string of the molecule is Cc1ccc(OC(=O)N=C=O)cc1F. The minimum Gasteiger partial charge on any atom is -0.408 e. The second-order valence-electron chi connectivity index (χ2n) is 2.48. The Morgan fingerprint density at radius 2 is 2.29 bits per heavy atom. The number of aryl methyl sites for hydroxylation is 1. The third-order valence-corrected chi connectivity index (χ3v) is 1.49. The van der Waals surface area contributed by atoms with Crippen LogP contribution >= 0.6 is 0 Å². The van der Waals surface area contributed by atoms with E-state index in [4.69, 9.17) is 0 Å². The molecule has 0 radical (unpaired) electrons. The predicted octanol–water partition coefficient (Wildman–Crippen LogP) is 1.97. The van der Waals surface area contributed by atoms with E-state index in [-0.39, 0.29) is 5.75 Å². The largest absolute Gasteiger partial charge is 0.450 e. The smallest absolute Gasteiger partial charge is 0.408 e. The first-order chi connectivity index (χ1) is 6.63. The maximum atomic E-state index is 12.9. The fraction of sp³-hybridized carbons (Fsp3) is 0.111. The minimum absolute atomic E-state index is 0.00269. The Balaban J connectivity index is 2.83. The summed E-state index contributed by atoms with van der Waals surface area (Å²) in [5.74, 6) is -0.498. The van der Waals surface area contributed by atoms with Crippen molar-refractivity contribution in [3.05, 3.63) is 29.6 Å². The first kappa shape index (κ1) is 10.1. The number of rotatable bonds is 1. The van der Waals surface area contributed by atoms with Gasteiger partial charge in [0, 0.05) is 6.07 Å². The molecule has 0 unspecified atom stereocenters. The lowest BCUT2D eigenvalue weighted by Crippen LogP contribution is -2.01. The average Bonchev–Trinajstić information content (AvgIpc) is 2.12. The van der Waals surface area contributed by atoms with Gasteiger partial charge in [-0.1, -0.05) is 11.1 Å². The number of ether oxygens (including phenoxy) is 1. The third-order valence-electron chi connectivity index (χ3n) is 1.49. The Labute approximate surface area is 79.0 Å². The van der Waals surface area contributed by atoms with E-state index >= 15 is 0 Å². The minimum atomic E-state index is -1.12. The molecule has 0 fully saturated rings. The highest BCUT2D eigenvalue weighted by Crippen LogP contribution is 2.16. The van der Waals surface area contributed by atoms with Crippen molar-refractivity contribution in [2.75, 3.05) is 0 Å². The molecule has 0 saturated heterocycles. The van der Waals surface area contributed by atoms with E-state index in [1.54, 1.807) is 6.92 Å². The Bertz CT molecular complexity index is 411. The van der Waals surface area contributed by atoms with Gasteiger partial charge in [-0.15, -0.1) is 0 Å². The lowest BCUT2D eigenvalue weighted by atomic mass is 10.2. The van der Waals surface area contributed by atoms with Crippen LogP contribution in [0.25, 0.3) is 0 Å². The van der Waals surface area contributed by atoms with E-state index in [0.717, 1.165) is 12.1 Å². The van der Waals surface area contributed by atoms with Gasteiger partial charge in [0.15, 0.2) is 0 Å². The zero-order valence-corrected chi connectivity index (χ0v) is 7.28. The molecule has 0 aliphatic carbocycles. The molecule has 0 heterocycles. The second-order valence-corrected chi connectivity index (χ2v) is 2.48. The van der Waals surface area contributed by atoms with Crippen LogP contribution in [0.2, 0.25) is 0 Å². The molecule has 0 atom stereocenters. The molecule has 1 aromatic carbocycles. The molecule has 5 heteroatoms. The lowest BCUT2D eigenvalue weighted by Gasteiger charge is -2.00. The van der Waals surface area contributed by atoms with Gasteiger partial charge in [-0.25, -0.2) is 14.0 Å². The molecular weight excluding hydrogens is 189 g/mol. The molecule has 72 valence electrons. The van der Waals surface area contributed by atoms with Crippen LogP contribution in [0.5, 0.6) is 5.75 Å². The lowest BCUT2D eigenvalue weighted by molar-refractivity contribution is 0.211. The molecule has 0 spiro atoms. The maximum Gasteiger partial charge on any atom is 0.450 e. The normalized spacial score (nSPS) is 9.00. The van der Waals surface area contributed by atoms with E-state index < -0.39 is 11.9 Å². The van der Waals surface area contributed by atoms with Crippen LogP contribution in [0.1, 0.15) is 5.56 Å². The summed E-state index contributed by atoms with van der Waals surface area (Å²) in [6.07, 6.45) is -0.102. The Morgan fingerprint density at radius 1 is 1.57 bits per heavy atom. The van der Waals surface area contributed by atoms with Crippen LogP contribution in [0, 0.1) is 12.7 Å². The molecule has 14 heavy (non-hydrogen) atoms. The van der Waals surface area contributed by atoms with Crippen LogP contribution < -0.4 is 4.74 Å². The molecule has 1 rings (SSSR count). The standard InChI is InChI=1S/C9H6FNO3/c1-6-2-3-7(4-8(6)10)14-9(13)11-5-12/h2-4H,1H3. The zero-order chi connectivity index (χ0) is 10.6. The van der Waals surface area contributed by atoms with Crippen LogP contribution in [-0.2, 0) is 4.79 Å². The second kappa shape index (κ2) is 4.30. The van der Waals surface area contributed by atoms with Gasteiger partial charge >= 0.3 is 6.09 Å². The number of amides is 1. The van der Waals surface area contributed by atoms with Crippen LogP contribution in [0.15, 0.2) is 23.2 Å². The van der Waals surface area contributed by atoms with Crippen molar-refractivity contribution >= 4 is 12.2 Å².